The van der Waals surface area contributed by atoms with Crippen LogP contribution in [0.1, 0.15) is 42.6 Å². The molecule has 0 bridgehead atoms. The monoisotopic (exact) mass is 450 g/mol. The number of benzene rings is 1. The number of carbonyl (C=O) groups excluding carboxylic acids is 1. The molecule has 1 aromatic heterocycles. The summed E-state index contributed by atoms with van der Waals surface area (Å²) in [5, 5.41) is 15.2. The first-order chi connectivity index (χ1) is 15.9. The van der Waals surface area contributed by atoms with Gasteiger partial charge in [0.05, 0.1) is 19.0 Å². The van der Waals surface area contributed by atoms with Crippen molar-refractivity contribution in [2.75, 3.05) is 26.7 Å². The molecule has 4 rings (SSSR count). The summed E-state index contributed by atoms with van der Waals surface area (Å²) in [6.07, 6.45) is 9.68. The molecular weight excluding hydrogens is 416 g/mol. The average Bonchev–Trinajstić information content (AvgIpc) is 3.22. The maximum absolute atomic E-state index is 12.7. The quantitative estimate of drug-likeness (QED) is 0.495. The van der Waals surface area contributed by atoms with E-state index >= 15 is 0 Å². The molecule has 2 aliphatic rings. The minimum Gasteiger partial charge on any atom is -0.497 e. The van der Waals surface area contributed by atoms with Gasteiger partial charge >= 0.3 is 0 Å². The molecule has 1 amide bonds. The molecule has 2 fully saturated rings. The number of fused-ring (bicyclic) bond motifs is 1. The number of ether oxygens (including phenoxy) is 1. The number of nitrogens with one attached hydrogen (secondary N) is 1. The lowest BCUT2D eigenvalue weighted by molar-refractivity contribution is -0.130. The number of methoxy groups -OCH3 is 1. The fourth-order valence-electron chi connectivity index (χ4n) is 5.62. The molecule has 2 N–H and O–H groups in total. The third-order valence-corrected chi connectivity index (χ3v) is 7.40. The molecule has 6 nitrogen and oxygen atoms in total. The van der Waals surface area contributed by atoms with Crippen LogP contribution in [0.5, 0.6) is 5.75 Å². The summed E-state index contributed by atoms with van der Waals surface area (Å²) in [5.41, 5.74) is 0.628. The molecule has 1 saturated carbocycles. The fraction of sp³-hybridized carbons (Fsp3) is 0.444. The van der Waals surface area contributed by atoms with E-state index in [1.165, 1.54) is 0 Å². The summed E-state index contributed by atoms with van der Waals surface area (Å²) >= 11 is 0. The first-order valence-electron chi connectivity index (χ1n) is 11.6. The molecule has 1 aliphatic carbocycles. The zero-order valence-corrected chi connectivity index (χ0v) is 19.5. The largest absolute Gasteiger partial charge is 0.497 e. The summed E-state index contributed by atoms with van der Waals surface area (Å²) in [5.74, 6) is 1.43. The van der Waals surface area contributed by atoms with Gasteiger partial charge in [-0.3, -0.25) is 9.69 Å². The van der Waals surface area contributed by atoms with Crippen LogP contribution >= 0.6 is 0 Å². The standard InChI is InChI=1S/C27H34N2O4/c1-4-14-29-15-13-26(22-6-5-7-24(17-22)32-3)18-23(10-12-27(26,31)19-29)28-25(30)9-8-21-11-16-33-20(21)2/h4-9,11,16-17,23,31H,1,10,12-15,18-19H2,2-3H3,(H,28,30)/t23-,26-,27-/m0/s1. The van der Waals surface area contributed by atoms with Crippen LogP contribution in [0.25, 0.3) is 6.08 Å². The van der Waals surface area contributed by atoms with Crippen LogP contribution in [-0.2, 0) is 10.2 Å². The van der Waals surface area contributed by atoms with Gasteiger partial charge in [-0.2, -0.15) is 0 Å². The number of aryl methyl sites for hydroxylation is 1. The molecule has 1 aromatic carbocycles. The summed E-state index contributed by atoms with van der Waals surface area (Å²) in [6, 6.07) is 9.86. The average molecular weight is 451 g/mol. The summed E-state index contributed by atoms with van der Waals surface area (Å²) in [7, 11) is 1.66. The Morgan fingerprint density at radius 1 is 1.39 bits per heavy atom. The number of carbonyl (C=O) groups is 1. The van der Waals surface area contributed by atoms with Crippen LogP contribution in [0.3, 0.4) is 0 Å². The van der Waals surface area contributed by atoms with Crippen molar-refractivity contribution in [2.45, 2.75) is 49.7 Å². The van der Waals surface area contributed by atoms with Crippen molar-refractivity contribution < 1.29 is 19.1 Å². The van der Waals surface area contributed by atoms with Gasteiger partial charge in [0.25, 0.3) is 0 Å². The molecule has 33 heavy (non-hydrogen) atoms. The molecular formula is C27H34N2O4. The first kappa shape index (κ1) is 23.3. The molecule has 1 aliphatic heterocycles. The van der Waals surface area contributed by atoms with E-state index in [9.17, 15) is 9.90 Å². The highest BCUT2D eigenvalue weighted by atomic mass is 16.5. The van der Waals surface area contributed by atoms with Crippen LogP contribution in [0.15, 0.2) is 59.7 Å². The molecule has 0 unspecified atom stereocenters. The lowest BCUT2D eigenvalue weighted by Gasteiger charge is -2.58. The Morgan fingerprint density at radius 3 is 2.97 bits per heavy atom. The molecule has 0 spiro atoms. The van der Waals surface area contributed by atoms with E-state index in [0.717, 1.165) is 48.6 Å². The van der Waals surface area contributed by atoms with E-state index in [-0.39, 0.29) is 11.9 Å². The second kappa shape index (κ2) is 9.57. The molecule has 6 heteroatoms. The summed E-state index contributed by atoms with van der Waals surface area (Å²) in [6.45, 7) is 7.96. The SMILES string of the molecule is C=CCN1CC[C@@]2(c3cccc(OC)c3)C[C@@H](NC(=O)C=Cc3ccoc3C)CC[C@]2(O)C1. The Morgan fingerprint density at radius 2 is 2.24 bits per heavy atom. The van der Waals surface area contributed by atoms with Crippen molar-refractivity contribution in [3.05, 3.63) is 72.2 Å². The maximum atomic E-state index is 12.7. The minimum atomic E-state index is -0.883. The molecule has 2 aromatic rings. The van der Waals surface area contributed by atoms with Crippen molar-refractivity contribution in [1.29, 1.82) is 0 Å². The van der Waals surface area contributed by atoms with Crippen molar-refractivity contribution in [1.82, 2.24) is 10.2 Å². The minimum absolute atomic E-state index is 0.0231. The normalized spacial score (nSPS) is 27.8. The van der Waals surface area contributed by atoms with Crippen LogP contribution in [0, 0.1) is 6.92 Å². The smallest absolute Gasteiger partial charge is 0.244 e. The molecule has 1 saturated heterocycles. The Bertz CT molecular complexity index is 1030. The van der Waals surface area contributed by atoms with E-state index < -0.39 is 11.0 Å². The van der Waals surface area contributed by atoms with Gasteiger partial charge in [-0.25, -0.2) is 0 Å². The number of rotatable bonds is 7. The lowest BCUT2D eigenvalue weighted by Crippen LogP contribution is -2.67. The fourth-order valence-corrected chi connectivity index (χ4v) is 5.62. The number of hydrogen-bond donors (Lipinski definition) is 2. The predicted molar refractivity (Wildman–Crippen MR) is 129 cm³/mol. The molecule has 176 valence electrons. The number of β-amino-alcohol motifs (C(OH)–C–C–N with tert-alkyl or cyclic N) is 1. The summed E-state index contributed by atoms with van der Waals surface area (Å²) in [4.78, 5) is 15.0. The van der Waals surface area contributed by atoms with Crippen molar-refractivity contribution in [2.24, 2.45) is 0 Å². The van der Waals surface area contributed by atoms with E-state index in [1.54, 1.807) is 25.5 Å². The van der Waals surface area contributed by atoms with Crippen LogP contribution in [0.4, 0.5) is 0 Å². The Kier molecular flexibility index (Phi) is 6.77. The number of piperidine rings is 1. The highest BCUT2D eigenvalue weighted by Gasteiger charge is 2.57. The summed E-state index contributed by atoms with van der Waals surface area (Å²) < 4.78 is 10.8. The first-order valence-corrected chi connectivity index (χ1v) is 11.6. The molecule has 0 radical (unpaired) electrons. The van der Waals surface area contributed by atoms with E-state index in [1.807, 2.05) is 37.3 Å². The number of amides is 1. The second-order valence-electron chi connectivity index (χ2n) is 9.33. The number of hydrogen-bond acceptors (Lipinski definition) is 5. The van der Waals surface area contributed by atoms with Crippen LogP contribution < -0.4 is 10.1 Å². The van der Waals surface area contributed by atoms with Gasteiger partial charge in [0.1, 0.15) is 11.5 Å². The Hall–Kier alpha value is -2.83. The third-order valence-electron chi connectivity index (χ3n) is 7.40. The van der Waals surface area contributed by atoms with Gasteiger partial charge in [-0.1, -0.05) is 18.2 Å². The van der Waals surface area contributed by atoms with Gasteiger partial charge in [0.2, 0.25) is 5.91 Å². The third kappa shape index (κ3) is 4.63. The van der Waals surface area contributed by atoms with Gasteiger partial charge in [-0.15, -0.1) is 6.58 Å². The van der Waals surface area contributed by atoms with Gasteiger partial charge in [-0.05, 0) is 69.0 Å². The van der Waals surface area contributed by atoms with Gasteiger partial charge < -0.3 is 19.6 Å². The second-order valence-corrected chi connectivity index (χ2v) is 9.33. The van der Waals surface area contributed by atoms with Crippen molar-refractivity contribution in [3.8, 4) is 5.75 Å². The predicted octanol–water partition coefficient (Wildman–Crippen LogP) is 3.84. The lowest BCUT2D eigenvalue weighted by atomic mass is 9.55. The van der Waals surface area contributed by atoms with Crippen molar-refractivity contribution >= 4 is 12.0 Å². The number of furan rings is 1. The molecule has 2 heterocycles. The van der Waals surface area contributed by atoms with Crippen molar-refractivity contribution in [3.63, 3.8) is 0 Å². The maximum Gasteiger partial charge on any atom is 0.244 e. The van der Waals surface area contributed by atoms with Crippen LogP contribution in [0.2, 0.25) is 0 Å². The highest BCUT2D eigenvalue weighted by Crippen LogP contribution is 2.52. The van der Waals surface area contributed by atoms with E-state index in [2.05, 4.69) is 22.9 Å². The van der Waals surface area contributed by atoms with Gasteiger partial charge in [0.15, 0.2) is 0 Å². The number of aliphatic hydroxyl groups is 1. The van der Waals surface area contributed by atoms with Gasteiger partial charge in [0, 0.05) is 36.2 Å². The number of nitrogens with zero attached hydrogens (tertiary/aromatic N) is 1. The zero-order chi connectivity index (χ0) is 23.5. The molecule has 3 atom stereocenters. The zero-order valence-electron chi connectivity index (χ0n) is 19.5. The topological polar surface area (TPSA) is 74.9 Å². The Labute approximate surface area is 195 Å². The van der Waals surface area contributed by atoms with E-state index in [0.29, 0.717) is 19.4 Å². The van der Waals surface area contributed by atoms with Crippen LogP contribution in [-0.4, -0.2) is 54.3 Å². The number of likely N-dealkylation sites (tertiary alicyclic amines) is 1. The Balaban J connectivity index is 1.58. The highest BCUT2D eigenvalue weighted by molar-refractivity contribution is 5.92. The van der Waals surface area contributed by atoms with E-state index in [4.69, 9.17) is 9.15 Å².